The van der Waals surface area contributed by atoms with Crippen LogP contribution in [0.25, 0.3) is 0 Å². The molecule has 0 saturated heterocycles. The van der Waals surface area contributed by atoms with Gasteiger partial charge in [0.1, 0.15) is 0 Å². The van der Waals surface area contributed by atoms with E-state index in [1.54, 1.807) is 11.3 Å². The first-order chi connectivity index (χ1) is 6.66. The molecular weight excluding hydrogens is 302 g/mol. The summed E-state index contributed by atoms with van der Waals surface area (Å²) in [6.07, 6.45) is 0. The Bertz CT molecular complexity index is 397. The maximum atomic E-state index is 6.08. The zero-order valence-electron chi connectivity index (χ0n) is 7.04. The third-order valence-electron chi connectivity index (χ3n) is 1.85. The second kappa shape index (κ2) is 4.33. The SMILES string of the molecule is NC(c1csc(Cl)c1)c1ccc(Br)s1. The van der Waals surface area contributed by atoms with Crippen LogP contribution in [0.3, 0.4) is 0 Å². The summed E-state index contributed by atoms with van der Waals surface area (Å²) in [6.45, 7) is 0. The minimum atomic E-state index is -0.0601. The van der Waals surface area contributed by atoms with Crippen LogP contribution in [0, 0.1) is 0 Å². The molecule has 1 atom stereocenters. The molecule has 1 unspecified atom stereocenters. The first-order valence-electron chi connectivity index (χ1n) is 3.91. The van der Waals surface area contributed by atoms with Crippen molar-refractivity contribution in [1.82, 2.24) is 0 Å². The topological polar surface area (TPSA) is 26.0 Å². The van der Waals surface area contributed by atoms with Gasteiger partial charge in [0.15, 0.2) is 0 Å². The van der Waals surface area contributed by atoms with Gasteiger partial charge in [-0.2, -0.15) is 0 Å². The highest BCUT2D eigenvalue weighted by molar-refractivity contribution is 9.11. The van der Waals surface area contributed by atoms with Crippen LogP contribution in [-0.4, -0.2) is 0 Å². The van der Waals surface area contributed by atoms with Gasteiger partial charge in [-0.3, -0.25) is 0 Å². The minimum Gasteiger partial charge on any atom is -0.320 e. The summed E-state index contributed by atoms with van der Waals surface area (Å²) < 4.78 is 1.88. The van der Waals surface area contributed by atoms with Crippen LogP contribution in [0.4, 0.5) is 0 Å². The third-order valence-corrected chi connectivity index (χ3v) is 4.66. The Hall–Kier alpha value is 0.130. The van der Waals surface area contributed by atoms with Gasteiger partial charge < -0.3 is 5.73 Å². The molecule has 2 rings (SSSR count). The number of nitrogens with two attached hydrogens (primary N) is 1. The molecule has 0 aromatic carbocycles. The number of thiophene rings is 2. The lowest BCUT2D eigenvalue weighted by molar-refractivity contribution is 0.899. The normalized spacial score (nSPS) is 13.1. The van der Waals surface area contributed by atoms with E-state index in [0.29, 0.717) is 0 Å². The van der Waals surface area contributed by atoms with Gasteiger partial charge in [0.2, 0.25) is 0 Å². The Kier molecular flexibility index (Phi) is 3.29. The van der Waals surface area contributed by atoms with Crippen molar-refractivity contribution in [1.29, 1.82) is 0 Å². The van der Waals surface area contributed by atoms with E-state index in [2.05, 4.69) is 15.9 Å². The molecule has 1 nitrogen and oxygen atoms in total. The van der Waals surface area contributed by atoms with E-state index in [1.807, 2.05) is 23.6 Å². The summed E-state index contributed by atoms with van der Waals surface area (Å²) in [6, 6.07) is 5.90. The molecule has 2 aromatic heterocycles. The monoisotopic (exact) mass is 307 g/mol. The Morgan fingerprint density at radius 1 is 1.43 bits per heavy atom. The summed E-state index contributed by atoms with van der Waals surface area (Å²) in [7, 11) is 0. The Morgan fingerprint density at radius 3 is 2.71 bits per heavy atom. The summed E-state index contributed by atoms with van der Waals surface area (Å²) in [5, 5.41) is 2.00. The van der Waals surface area contributed by atoms with Gasteiger partial charge in [-0.1, -0.05) is 11.6 Å². The lowest BCUT2D eigenvalue weighted by Crippen LogP contribution is -2.08. The zero-order valence-corrected chi connectivity index (χ0v) is 11.0. The molecule has 5 heteroatoms. The number of rotatable bonds is 2. The van der Waals surface area contributed by atoms with Crippen LogP contribution >= 0.6 is 50.2 Å². The van der Waals surface area contributed by atoms with Gasteiger partial charge >= 0.3 is 0 Å². The number of hydrogen-bond donors (Lipinski definition) is 1. The predicted octanol–water partition coefficient (Wildman–Crippen LogP) is 4.27. The van der Waals surface area contributed by atoms with E-state index >= 15 is 0 Å². The maximum Gasteiger partial charge on any atom is 0.0931 e. The average Bonchev–Trinajstić information content (AvgIpc) is 2.73. The standard InChI is InChI=1S/C9H7BrClNS2/c10-7-2-1-6(14-7)9(12)5-3-8(11)13-4-5/h1-4,9H,12H2. The highest BCUT2D eigenvalue weighted by Gasteiger charge is 2.12. The van der Waals surface area contributed by atoms with Crippen molar-refractivity contribution in [2.45, 2.75) is 6.04 Å². The third kappa shape index (κ3) is 2.20. The lowest BCUT2D eigenvalue weighted by atomic mass is 10.1. The first kappa shape index (κ1) is 10.6. The van der Waals surface area contributed by atoms with E-state index in [-0.39, 0.29) is 6.04 Å². The molecule has 2 aromatic rings. The van der Waals surface area contributed by atoms with E-state index in [9.17, 15) is 0 Å². The number of halogens is 2. The summed E-state index contributed by atoms with van der Waals surface area (Å²) in [4.78, 5) is 1.14. The predicted molar refractivity (Wildman–Crippen MR) is 67.4 cm³/mol. The highest BCUT2D eigenvalue weighted by Crippen LogP contribution is 2.32. The van der Waals surface area contributed by atoms with Crippen molar-refractivity contribution in [3.63, 3.8) is 0 Å². The minimum absolute atomic E-state index is 0.0601. The van der Waals surface area contributed by atoms with Crippen molar-refractivity contribution in [3.8, 4) is 0 Å². The van der Waals surface area contributed by atoms with Crippen molar-refractivity contribution in [2.24, 2.45) is 5.73 Å². The molecule has 0 amide bonds. The van der Waals surface area contributed by atoms with Crippen molar-refractivity contribution >= 4 is 50.2 Å². The van der Waals surface area contributed by atoms with E-state index in [4.69, 9.17) is 17.3 Å². The maximum absolute atomic E-state index is 6.08. The molecule has 0 aliphatic carbocycles. The molecular formula is C9H7BrClNS2. The van der Waals surface area contributed by atoms with Gasteiger partial charge in [0, 0.05) is 4.88 Å². The first-order valence-corrected chi connectivity index (χ1v) is 6.78. The molecule has 14 heavy (non-hydrogen) atoms. The summed E-state index contributed by atoms with van der Waals surface area (Å²) in [5.74, 6) is 0. The largest absolute Gasteiger partial charge is 0.320 e. The fourth-order valence-corrected chi connectivity index (χ4v) is 3.53. The number of hydrogen-bond acceptors (Lipinski definition) is 3. The fourth-order valence-electron chi connectivity index (χ4n) is 1.15. The van der Waals surface area contributed by atoms with Gasteiger partial charge in [-0.25, -0.2) is 0 Å². The fraction of sp³-hybridized carbons (Fsp3) is 0.111. The van der Waals surface area contributed by atoms with Crippen LogP contribution < -0.4 is 5.73 Å². The Balaban J connectivity index is 2.28. The van der Waals surface area contributed by atoms with E-state index in [0.717, 1.165) is 18.6 Å². The molecule has 2 heterocycles. The van der Waals surface area contributed by atoms with Crippen molar-refractivity contribution < 1.29 is 0 Å². The van der Waals surface area contributed by atoms with Crippen LogP contribution in [0.1, 0.15) is 16.5 Å². The summed E-state index contributed by atoms with van der Waals surface area (Å²) >= 11 is 12.4. The smallest absolute Gasteiger partial charge is 0.0931 e. The Labute approximate surface area is 104 Å². The molecule has 0 saturated carbocycles. The molecule has 0 aliphatic heterocycles. The molecule has 0 aliphatic rings. The van der Waals surface area contributed by atoms with Gasteiger partial charge in [-0.05, 0) is 45.1 Å². The van der Waals surface area contributed by atoms with Crippen LogP contribution in [0.2, 0.25) is 4.34 Å². The molecule has 0 bridgehead atoms. The van der Waals surface area contributed by atoms with E-state index in [1.165, 1.54) is 11.3 Å². The summed E-state index contributed by atoms with van der Waals surface area (Å²) in [5.41, 5.74) is 7.16. The van der Waals surface area contributed by atoms with Crippen LogP contribution in [-0.2, 0) is 0 Å². The molecule has 0 spiro atoms. The molecule has 2 N–H and O–H groups in total. The zero-order chi connectivity index (χ0) is 10.1. The Morgan fingerprint density at radius 2 is 2.21 bits per heavy atom. The second-order valence-electron chi connectivity index (χ2n) is 2.80. The van der Waals surface area contributed by atoms with Gasteiger partial charge in [-0.15, -0.1) is 22.7 Å². The van der Waals surface area contributed by atoms with Gasteiger partial charge in [0.05, 0.1) is 14.2 Å². The molecule has 74 valence electrons. The van der Waals surface area contributed by atoms with E-state index < -0.39 is 0 Å². The quantitative estimate of drug-likeness (QED) is 0.880. The van der Waals surface area contributed by atoms with Crippen LogP contribution in [0.15, 0.2) is 27.4 Å². The van der Waals surface area contributed by atoms with Crippen LogP contribution in [0.5, 0.6) is 0 Å². The van der Waals surface area contributed by atoms with Crippen molar-refractivity contribution in [3.05, 3.63) is 42.1 Å². The second-order valence-corrected chi connectivity index (χ2v) is 6.84. The highest BCUT2D eigenvalue weighted by atomic mass is 79.9. The average molecular weight is 309 g/mol. The van der Waals surface area contributed by atoms with Gasteiger partial charge in [0.25, 0.3) is 0 Å². The lowest BCUT2D eigenvalue weighted by Gasteiger charge is -2.05. The molecule has 0 radical (unpaired) electrons. The molecule has 0 fully saturated rings. The van der Waals surface area contributed by atoms with Crippen molar-refractivity contribution in [2.75, 3.05) is 0 Å².